The molecule has 3 nitrogen and oxygen atoms in total. The summed E-state index contributed by atoms with van der Waals surface area (Å²) in [6.45, 7) is 0.774. The van der Waals surface area contributed by atoms with Gasteiger partial charge in [0.25, 0.3) is 0 Å². The first kappa shape index (κ1) is 19.0. The van der Waals surface area contributed by atoms with Gasteiger partial charge in [0.1, 0.15) is 0 Å². The van der Waals surface area contributed by atoms with Gasteiger partial charge in [0.05, 0.1) is 11.2 Å². The van der Waals surface area contributed by atoms with Gasteiger partial charge in [0.2, 0.25) is 0 Å². The molecule has 6 heteroatoms. The Bertz CT molecular complexity index is 979. The van der Waals surface area contributed by atoms with Crippen molar-refractivity contribution in [1.82, 2.24) is 9.88 Å². The average molecular weight is 372 g/mol. The molecule has 27 heavy (non-hydrogen) atoms. The first-order valence-corrected chi connectivity index (χ1v) is 8.59. The van der Waals surface area contributed by atoms with Gasteiger partial charge in [-0.2, -0.15) is 0 Å². The first-order chi connectivity index (χ1) is 12.9. The van der Waals surface area contributed by atoms with Crippen LogP contribution in [0.4, 0.5) is 13.2 Å². The summed E-state index contributed by atoms with van der Waals surface area (Å²) in [5, 5.41) is 0.680. The lowest BCUT2D eigenvalue weighted by Crippen LogP contribution is -2.14. The van der Waals surface area contributed by atoms with Crippen LogP contribution in [0.15, 0.2) is 42.5 Å². The van der Waals surface area contributed by atoms with E-state index in [4.69, 9.17) is 0 Å². The highest BCUT2D eigenvalue weighted by Gasteiger charge is 2.17. The van der Waals surface area contributed by atoms with Crippen molar-refractivity contribution in [2.75, 3.05) is 20.6 Å². The maximum Gasteiger partial charge on any atom is 0.194 e. The van der Waals surface area contributed by atoms with Crippen LogP contribution in [-0.2, 0) is 0 Å². The molecule has 0 radical (unpaired) electrons. The van der Waals surface area contributed by atoms with Gasteiger partial charge in [-0.3, -0.25) is 4.79 Å². The molecule has 0 saturated heterocycles. The van der Waals surface area contributed by atoms with Gasteiger partial charge in [-0.05, 0) is 51.3 Å². The molecular formula is C21H19F3N2O. The van der Waals surface area contributed by atoms with Gasteiger partial charge >= 0.3 is 0 Å². The van der Waals surface area contributed by atoms with E-state index in [9.17, 15) is 18.0 Å². The van der Waals surface area contributed by atoms with Crippen molar-refractivity contribution < 1.29 is 18.0 Å². The highest BCUT2D eigenvalue weighted by Crippen LogP contribution is 2.28. The van der Waals surface area contributed by atoms with Crippen LogP contribution in [0.1, 0.15) is 23.2 Å². The molecule has 0 atom stereocenters. The molecule has 1 heterocycles. The number of Topliss-reactive ketones (excluding diaryl/α,β-unsaturated/α-hetero) is 1. The van der Waals surface area contributed by atoms with Gasteiger partial charge in [-0.25, -0.2) is 18.2 Å². The zero-order valence-electron chi connectivity index (χ0n) is 15.1. The molecule has 0 saturated carbocycles. The number of nitrogens with zero attached hydrogens (tertiary/aromatic N) is 2. The Morgan fingerprint density at radius 1 is 1.04 bits per heavy atom. The smallest absolute Gasteiger partial charge is 0.194 e. The summed E-state index contributed by atoms with van der Waals surface area (Å²) in [4.78, 5) is 19.1. The van der Waals surface area contributed by atoms with E-state index in [1.807, 2.05) is 19.0 Å². The Kier molecular flexibility index (Phi) is 5.56. The molecule has 0 aliphatic heterocycles. The van der Waals surface area contributed by atoms with Crippen molar-refractivity contribution in [2.45, 2.75) is 12.8 Å². The largest absolute Gasteiger partial charge is 0.309 e. The normalized spacial score (nSPS) is 11.3. The molecule has 0 unspecified atom stereocenters. The number of ketones is 1. The Morgan fingerprint density at radius 3 is 2.37 bits per heavy atom. The fourth-order valence-corrected chi connectivity index (χ4v) is 2.95. The van der Waals surface area contributed by atoms with Gasteiger partial charge in [0, 0.05) is 22.9 Å². The standard InChI is InChI=1S/C21H19F3N2O/c1-26(2)9-5-8-20(27)15-12-19(25-18-7-4-3-6-14(15)18)13-10-16(22)21(24)17(23)11-13/h3-4,6-7,10-12H,5,8-9H2,1-2H3. The van der Waals surface area contributed by atoms with Crippen LogP contribution in [-0.4, -0.2) is 36.3 Å². The van der Waals surface area contributed by atoms with E-state index in [0.29, 0.717) is 29.3 Å². The number of pyridine rings is 1. The fraction of sp³-hybridized carbons (Fsp3) is 0.238. The first-order valence-electron chi connectivity index (χ1n) is 8.59. The minimum Gasteiger partial charge on any atom is -0.309 e. The molecule has 0 amide bonds. The zero-order valence-corrected chi connectivity index (χ0v) is 15.1. The summed E-state index contributed by atoms with van der Waals surface area (Å²) < 4.78 is 40.5. The monoisotopic (exact) mass is 372 g/mol. The van der Waals surface area contributed by atoms with E-state index < -0.39 is 17.5 Å². The molecule has 0 aliphatic rings. The molecule has 0 spiro atoms. The third-order valence-corrected chi connectivity index (χ3v) is 4.31. The van der Waals surface area contributed by atoms with E-state index in [1.165, 1.54) is 6.07 Å². The molecule has 0 fully saturated rings. The van der Waals surface area contributed by atoms with Crippen LogP contribution in [0.25, 0.3) is 22.2 Å². The SMILES string of the molecule is CN(C)CCCC(=O)c1cc(-c2cc(F)c(F)c(F)c2)nc2ccccc12. The number of benzene rings is 2. The predicted octanol–water partition coefficient (Wildman–Crippen LogP) is 4.84. The fourth-order valence-electron chi connectivity index (χ4n) is 2.95. The summed E-state index contributed by atoms with van der Waals surface area (Å²) in [6, 6.07) is 10.4. The highest BCUT2D eigenvalue weighted by molar-refractivity contribution is 6.08. The number of carbonyl (C=O) groups is 1. The maximum atomic E-state index is 13.6. The second-order valence-electron chi connectivity index (χ2n) is 6.66. The minimum absolute atomic E-state index is 0.0697. The minimum atomic E-state index is -1.53. The van der Waals surface area contributed by atoms with Crippen molar-refractivity contribution in [3.63, 3.8) is 0 Å². The highest BCUT2D eigenvalue weighted by atomic mass is 19.2. The second-order valence-corrected chi connectivity index (χ2v) is 6.66. The molecule has 0 bridgehead atoms. The maximum absolute atomic E-state index is 13.6. The lowest BCUT2D eigenvalue weighted by Gasteiger charge is -2.11. The lowest BCUT2D eigenvalue weighted by atomic mass is 9.99. The Morgan fingerprint density at radius 2 is 1.70 bits per heavy atom. The van der Waals surface area contributed by atoms with Crippen molar-refractivity contribution >= 4 is 16.7 Å². The molecule has 140 valence electrons. The van der Waals surface area contributed by atoms with E-state index in [2.05, 4.69) is 4.98 Å². The Balaban J connectivity index is 2.07. The third kappa shape index (κ3) is 4.17. The summed E-state index contributed by atoms with van der Waals surface area (Å²) in [5.41, 5.74) is 1.29. The predicted molar refractivity (Wildman–Crippen MR) is 99.2 cm³/mol. The number of rotatable bonds is 6. The van der Waals surface area contributed by atoms with Crippen LogP contribution in [0.3, 0.4) is 0 Å². The van der Waals surface area contributed by atoms with E-state index in [0.717, 1.165) is 18.7 Å². The van der Waals surface area contributed by atoms with Gasteiger partial charge in [0.15, 0.2) is 23.2 Å². The quantitative estimate of drug-likeness (QED) is 0.458. The van der Waals surface area contributed by atoms with Crippen molar-refractivity contribution in [2.24, 2.45) is 0 Å². The van der Waals surface area contributed by atoms with Crippen LogP contribution in [0.5, 0.6) is 0 Å². The topological polar surface area (TPSA) is 33.2 Å². The number of carbonyl (C=O) groups excluding carboxylic acids is 1. The third-order valence-electron chi connectivity index (χ3n) is 4.31. The molecule has 2 aromatic carbocycles. The summed E-state index contributed by atoms with van der Waals surface area (Å²) in [5.74, 6) is -4.18. The summed E-state index contributed by atoms with van der Waals surface area (Å²) in [7, 11) is 3.87. The Hall–Kier alpha value is -2.73. The molecule has 0 aliphatic carbocycles. The van der Waals surface area contributed by atoms with Gasteiger partial charge < -0.3 is 4.90 Å². The van der Waals surface area contributed by atoms with Crippen molar-refractivity contribution in [1.29, 1.82) is 0 Å². The number of aromatic nitrogens is 1. The molecular weight excluding hydrogens is 353 g/mol. The number of halogens is 3. The van der Waals surface area contributed by atoms with Crippen LogP contribution >= 0.6 is 0 Å². The number of fused-ring (bicyclic) bond motifs is 1. The second kappa shape index (κ2) is 7.88. The van der Waals surface area contributed by atoms with Crippen LogP contribution in [0.2, 0.25) is 0 Å². The van der Waals surface area contributed by atoms with E-state index in [1.54, 1.807) is 24.3 Å². The van der Waals surface area contributed by atoms with Crippen LogP contribution in [0, 0.1) is 17.5 Å². The van der Waals surface area contributed by atoms with Crippen molar-refractivity contribution in [3.05, 3.63) is 65.5 Å². The molecule has 1 aromatic heterocycles. The number of para-hydroxylation sites is 1. The number of hydrogen-bond acceptors (Lipinski definition) is 3. The van der Waals surface area contributed by atoms with Crippen molar-refractivity contribution in [3.8, 4) is 11.3 Å². The zero-order chi connectivity index (χ0) is 19.6. The Labute approximate surface area is 155 Å². The van der Waals surface area contributed by atoms with Gasteiger partial charge in [-0.1, -0.05) is 18.2 Å². The molecule has 0 N–H and O–H groups in total. The molecule has 3 aromatic rings. The van der Waals surface area contributed by atoms with Gasteiger partial charge in [-0.15, -0.1) is 0 Å². The summed E-state index contributed by atoms with van der Waals surface area (Å²) >= 11 is 0. The summed E-state index contributed by atoms with van der Waals surface area (Å²) in [6.07, 6.45) is 1.04. The van der Waals surface area contributed by atoms with E-state index in [-0.39, 0.29) is 17.0 Å². The number of hydrogen-bond donors (Lipinski definition) is 0. The molecule has 3 rings (SSSR count). The van der Waals surface area contributed by atoms with Crippen LogP contribution < -0.4 is 0 Å². The van der Waals surface area contributed by atoms with E-state index >= 15 is 0 Å². The average Bonchev–Trinajstić information content (AvgIpc) is 2.64. The lowest BCUT2D eigenvalue weighted by molar-refractivity contribution is 0.0979.